The molecule has 2 aromatic carbocycles. The van der Waals surface area contributed by atoms with E-state index in [1.54, 1.807) is 0 Å². The van der Waals surface area contributed by atoms with E-state index >= 15 is 0 Å². The summed E-state index contributed by atoms with van der Waals surface area (Å²) in [6.45, 7) is 8.80. The van der Waals surface area contributed by atoms with Crippen molar-refractivity contribution in [3.05, 3.63) is 73.1 Å². The Balaban J connectivity index is 0.000000178. The summed E-state index contributed by atoms with van der Waals surface area (Å²) >= 11 is 0. The Kier molecular flexibility index (Phi) is 14.4. The van der Waals surface area contributed by atoms with Crippen molar-refractivity contribution in [2.45, 2.75) is 64.5 Å². The smallest absolute Gasteiger partial charge is 0.414 e. The molecule has 0 amide bonds. The zero-order valence-electron chi connectivity index (χ0n) is 26.5. The summed E-state index contributed by atoms with van der Waals surface area (Å²) in [6.07, 6.45) is 14.6. The van der Waals surface area contributed by atoms with Crippen LogP contribution in [0.3, 0.4) is 0 Å². The van der Waals surface area contributed by atoms with Crippen LogP contribution in [0.15, 0.2) is 73.1 Å². The minimum absolute atomic E-state index is 0.882. The molecule has 2 fully saturated rings. The molecule has 6 rings (SSSR count). The standard InChI is InChI=1S/2C16H22N4.C2H2O4/c2*1-2-7-11-19(10-6-1)12-13-20-17-14-16(18-20)15-8-4-3-5-9-15;3-1(4)2(5)6/h2*3-5,8-9,14H,1-2,6-7,10-13H2;(H,3,4)(H,5,6). The maximum absolute atomic E-state index is 9.10. The number of likely N-dealkylation sites (tertiary alicyclic amines) is 2. The van der Waals surface area contributed by atoms with Crippen LogP contribution in [-0.4, -0.2) is 101 Å². The normalized spacial score (nSPS) is 15.7. The number of nitrogens with zero attached hydrogens (tertiary/aromatic N) is 8. The van der Waals surface area contributed by atoms with Gasteiger partial charge >= 0.3 is 11.9 Å². The van der Waals surface area contributed by atoms with E-state index in [1.807, 2.05) is 58.4 Å². The van der Waals surface area contributed by atoms with Gasteiger partial charge in [0.15, 0.2) is 0 Å². The van der Waals surface area contributed by atoms with Crippen molar-refractivity contribution in [1.29, 1.82) is 0 Å². The molecule has 2 aliphatic rings. The second-order valence-electron chi connectivity index (χ2n) is 11.5. The number of aliphatic carboxylic acids is 2. The maximum atomic E-state index is 9.10. The number of hydrogen-bond acceptors (Lipinski definition) is 8. The van der Waals surface area contributed by atoms with Crippen LogP contribution < -0.4 is 0 Å². The number of carboxylic acids is 2. The van der Waals surface area contributed by atoms with Gasteiger partial charge in [0.1, 0.15) is 11.4 Å². The zero-order valence-corrected chi connectivity index (χ0v) is 26.5. The van der Waals surface area contributed by atoms with Gasteiger partial charge in [-0.15, -0.1) is 0 Å². The van der Waals surface area contributed by atoms with Gasteiger partial charge in [-0.05, 0) is 51.9 Å². The van der Waals surface area contributed by atoms with Gasteiger partial charge in [0, 0.05) is 24.2 Å². The Labute approximate surface area is 270 Å². The molecule has 0 atom stereocenters. The molecule has 0 bridgehead atoms. The largest absolute Gasteiger partial charge is 0.473 e. The van der Waals surface area contributed by atoms with Gasteiger partial charge < -0.3 is 20.0 Å². The average molecular weight is 631 g/mol. The molecule has 46 heavy (non-hydrogen) atoms. The van der Waals surface area contributed by atoms with Gasteiger partial charge in [-0.25, -0.2) is 9.59 Å². The summed E-state index contributed by atoms with van der Waals surface area (Å²) in [5.41, 5.74) is 4.19. The summed E-state index contributed by atoms with van der Waals surface area (Å²) in [4.78, 5) is 26.9. The van der Waals surface area contributed by atoms with E-state index < -0.39 is 11.9 Å². The Bertz CT molecular complexity index is 1320. The number of aromatic nitrogens is 6. The van der Waals surface area contributed by atoms with Gasteiger partial charge in [0.25, 0.3) is 0 Å². The molecule has 2 saturated heterocycles. The lowest BCUT2D eigenvalue weighted by Crippen LogP contribution is -2.29. The van der Waals surface area contributed by atoms with Crippen LogP contribution in [0.2, 0.25) is 0 Å². The maximum Gasteiger partial charge on any atom is 0.414 e. The summed E-state index contributed by atoms with van der Waals surface area (Å²) in [7, 11) is 0. The van der Waals surface area contributed by atoms with E-state index in [-0.39, 0.29) is 0 Å². The summed E-state index contributed by atoms with van der Waals surface area (Å²) in [5.74, 6) is -3.65. The second-order valence-corrected chi connectivity index (χ2v) is 11.5. The van der Waals surface area contributed by atoms with Crippen LogP contribution in [0.5, 0.6) is 0 Å². The zero-order chi connectivity index (χ0) is 32.4. The molecule has 0 spiro atoms. The van der Waals surface area contributed by atoms with Crippen molar-refractivity contribution in [1.82, 2.24) is 39.8 Å². The number of rotatable bonds is 8. The van der Waals surface area contributed by atoms with E-state index in [1.165, 1.54) is 77.5 Å². The molecule has 0 saturated carbocycles. The Morgan fingerprint density at radius 2 is 0.870 bits per heavy atom. The van der Waals surface area contributed by atoms with Gasteiger partial charge in [0.2, 0.25) is 0 Å². The first-order chi connectivity index (χ1) is 22.5. The molecule has 12 nitrogen and oxygen atoms in total. The van der Waals surface area contributed by atoms with E-state index in [0.29, 0.717) is 0 Å². The topological polar surface area (TPSA) is 142 Å². The van der Waals surface area contributed by atoms with Crippen LogP contribution in [0.1, 0.15) is 51.4 Å². The van der Waals surface area contributed by atoms with E-state index in [4.69, 9.17) is 19.8 Å². The second kappa shape index (κ2) is 19.2. The number of benzene rings is 2. The summed E-state index contributed by atoms with van der Waals surface area (Å²) in [5, 5.41) is 32.7. The SMILES string of the molecule is O=C(O)C(=O)O.c1ccc(-c2cnn(CCN3CCCCCC3)n2)cc1.c1ccc(-c2cnn(CCN3CCCCCC3)n2)cc1. The highest BCUT2D eigenvalue weighted by Gasteiger charge is 2.11. The third-order valence-electron chi connectivity index (χ3n) is 8.02. The van der Waals surface area contributed by atoms with E-state index in [2.05, 4.69) is 54.5 Å². The van der Waals surface area contributed by atoms with Crippen molar-refractivity contribution in [3.63, 3.8) is 0 Å². The number of carbonyl (C=O) groups is 2. The Morgan fingerprint density at radius 3 is 1.20 bits per heavy atom. The first-order valence-corrected chi connectivity index (χ1v) is 16.3. The molecule has 246 valence electrons. The lowest BCUT2D eigenvalue weighted by Gasteiger charge is -2.18. The third kappa shape index (κ3) is 12.2. The van der Waals surface area contributed by atoms with Crippen LogP contribution in [0.25, 0.3) is 22.5 Å². The first kappa shape index (κ1) is 34.5. The van der Waals surface area contributed by atoms with Crippen molar-refractivity contribution < 1.29 is 19.8 Å². The van der Waals surface area contributed by atoms with Gasteiger partial charge in [0.05, 0.1) is 25.5 Å². The van der Waals surface area contributed by atoms with Crippen molar-refractivity contribution in [3.8, 4) is 22.5 Å². The van der Waals surface area contributed by atoms with Crippen molar-refractivity contribution >= 4 is 11.9 Å². The van der Waals surface area contributed by atoms with Crippen LogP contribution in [0.4, 0.5) is 0 Å². The highest BCUT2D eigenvalue weighted by molar-refractivity contribution is 6.27. The first-order valence-electron chi connectivity index (χ1n) is 16.3. The predicted octanol–water partition coefficient (Wildman–Crippen LogP) is 4.80. The quantitative estimate of drug-likeness (QED) is 0.261. The predicted molar refractivity (Wildman–Crippen MR) is 176 cm³/mol. The van der Waals surface area contributed by atoms with E-state index in [0.717, 1.165) is 48.7 Å². The van der Waals surface area contributed by atoms with Crippen molar-refractivity contribution in [2.75, 3.05) is 39.3 Å². The molecule has 0 aliphatic carbocycles. The molecule has 12 heteroatoms. The van der Waals surface area contributed by atoms with Crippen LogP contribution in [-0.2, 0) is 22.7 Å². The van der Waals surface area contributed by atoms with Gasteiger partial charge in [-0.3, -0.25) is 0 Å². The lowest BCUT2D eigenvalue weighted by molar-refractivity contribution is -0.159. The highest BCUT2D eigenvalue weighted by Crippen LogP contribution is 2.16. The Morgan fingerprint density at radius 1 is 0.522 bits per heavy atom. The van der Waals surface area contributed by atoms with Crippen LogP contribution in [0, 0.1) is 0 Å². The molecular weight excluding hydrogens is 584 g/mol. The lowest BCUT2D eigenvalue weighted by atomic mass is 10.2. The third-order valence-corrected chi connectivity index (χ3v) is 8.02. The fraction of sp³-hybridized carbons (Fsp3) is 0.471. The fourth-order valence-corrected chi connectivity index (χ4v) is 5.47. The average Bonchev–Trinajstić information content (AvgIpc) is 3.58. The molecule has 0 radical (unpaired) electrons. The molecule has 4 aromatic rings. The van der Waals surface area contributed by atoms with Crippen LogP contribution >= 0.6 is 0 Å². The highest BCUT2D eigenvalue weighted by atomic mass is 16.4. The molecule has 2 aliphatic heterocycles. The summed E-state index contributed by atoms with van der Waals surface area (Å²) in [6, 6.07) is 20.5. The van der Waals surface area contributed by atoms with Crippen molar-refractivity contribution in [2.24, 2.45) is 0 Å². The Hall–Kier alpha value is -4.42. The molecule has 2 N–H and O–H groups in total. The number of hydrogen-bond donors (Lipinski definition) is 2. The minimum Gasteiger partial charge on any atom is -0.473 e. The molecule has 2 aromatic heterocycles. The summed E-state index contributed by atoms with van der Waals surface area (Å²) < 4.78 is 0. The van der Waals surface area contributed by atoms with E-state index in [9.17, 15) is 0 Å². The number of carboxylic acid groups (broad SMARTS) is 2. The molecular formula is C34H46N8O4. The minimum atomic E-state index is -1.82. The van der Waals surface area contributed by atoms with Gasteiger partial charge in [-0.1, -0.05) is 86.3 Å². The molecule has 0 unspecified atom stereocenters. The molecule has 4 heterocycles. The van der Waals surface area contributed by atoms with Gasteiger partial charge in [-0.2, -0.15) is 30.0 Å². The monoisotopic (exact) mass is 630 g/mol. The fourth-order valence-electron chi connectivity index (χ4n) is 5.47.